The van der Waals surface area contributed by atoms with Crippen molar-refractivity contribution >= 4 is 0 Å². The quantitative estimate of drug-likeness (QED) is 0.301. The molecule has 4 rings (SSSR count). The summed E-state index contributed by atoms with van der Waals surface area (Å²) in [7, 11) is 0. The van der Waals surface area contributed by atoms with E-state index in [4.69, 9.17) is 9.47 Å². The first-order chi connectivity index (χ1) is 18.1. The third kappa shape index (κ3) is 13.2. The van der Waals surface area contributed by atoms with E-state index in [2.05, 4.69) is 52.6 Å². The van der Waals surface area contributed by atoms with Gasteiger partial charge in [-0.05, 0) is 36.6 Å². The number of nitrogens with zero attached hydrogens (tertiary/aromatic N) is 3. The van der Waals surface area contributed by atoms with Gasteiger partial charge in [0.15, 0.2) is 0 Å². The van der Waals surface area contributed by atoms with Gasteiger partial charge in [0.05, 0.1) is 13.2 Å². The molecule has 0 aliphatic carbocycles. The van der Waals surface area contributed by atoms with Crippen LogP contribution in [-0.4, -0.2) is 54.3 Å². The minimum absolute atomic E-state index is 0.693. The van der Waals surface area contributed by atoms with Crippen LogP contribution in [0.1, 0.15) is 52.9 Å². The molecule has 0 amide bonds. The van der Waals surface area contributed by atoms with Crippen molar-refractivity contribution in [3.05, 3.63) is 90.5 Å². The highest BCUT2D eigenvalue weighted by Gasteiger charge is 2.09. The van der Waals surface area contributed by atoms with Crippen LogP contribution in [0.25, 0.3) is 11.1 Å². The molecule has 1 fully saturated rings. The van der Waals surface area contributed by atoms with Crippen LogP contribution in [0.4, 0.5) is 0 Å². The van der Waals surface area contributed by atoms with E-state index >= 15 is 0 Å². The molecule has 1 saturated heterocycles. The summed E-state index contributed by atoms with van der Waals surface area (Å²) in [5, 5.41) is 0. The van der Waals surface area contributed by atoms with Gasteiger partial charge in [0.1, 0.15) is 18.2 Å². The second kappa shape index (κ2) is 20.1. The lowest BCUT2D eigenvalue weighted by Gasteiger charge is -2.26. The van der Waals surface area contributed by atoms with Gasteiger partial charge in [-0.25, -0.2) is 9.97 Å². The van der Waals surface area contributed by atoms with Crippen LogP contribution >= 0.6 is 0 Å². The Morgan fingerprint density at radius 3 is 2.00 bits per heavy atom. The Hall–Kier alpha value is -3.02. The Bertz CT molecular complexity index is 952. The van der Waals surface area contributed by atoms with E-state index in [1.165, 1.54) is 5.56 Å². The van der Waals surface area contributed by atoms with Crippen molar-refractivity contribution in [2.45, 2.75) is 54.4 Å². The van der Waals surface area contributed by atoms with E-state index in [1.54, 1.807) is 0 Å². The zero-order valence-corrected chi connectivity index (χ0v) is 23.9. The molecule has 0 bridgehead atoms. The zero-order chi connectivity index (χ0) is 27.3. The number of aryl methyl sites for hydroxylation is 1. The van der Waals surface area contributed by atoms with Crippen LogP contribution in [0.3, 0.4) is 0 Å². The topological polar surface area (TPSA) is 47.5 Å². The van der Waals surface area contributed by atoms with Gasteiger partial charge < -0.3 is 9.47 Å². The monoisotopic (exact) mass is 505 g/mol. The van der Waals surface area contributed by atoms with E-state index in [-0.39, 0.29) is 0 Å². The van der Waals surface area contributed by atoms with Crippen LogP contribution in [-0.2, 0) is 17.6 Å². The Kier molecular flexibility index (Phi) is 17.4. The largest absolute Gasteiger partial charge is 0.492 e. The van der Waals surface area contributed by atoms with Crippen LogP contribution in [0, 0.1) is 0 Å². The molecule has 1 aliphatic heterocycles. The first-order valence-corrected chi connectivity index (χ1v) is 13.7. The Balaban J connectivity index is 0.000000478. The van der Waals surface area contributed by atoms with E-state index in [0.717, 1.165) is 74.0 Å². The van der Waals surface area contributed by atoms with Crippen LogP contribution in [0.15, 0.2) is 79.1 Å². The van der Waals surface area contributed by atoms with Crippen molar-refractivity contribution < 1.29 is 9.47 Å². The lowest BCUT2D eigenvalue weighted by atomic mass is 10.1. The molecule has 2 aromatic carbocycles. The molecule has 0 radical (unpaired) electrons. The van der Waals surface area contributed by atoms with Crippen molar-refractivity contribution in [1.29, 1.82) is 0 Å². The first-order valence-electron chi connectivity index (χ1n) is 13.7. The van der Waals surface area contributed by atoms with Crippen molar-refractivity contribution in [2.75, 3.05) is 39.5 Å². The maximum absolute atomic E-state index is 5.84. The smallest absolute Gasteiger partial charge is 0.132 e. The van der Waals surface area contributed by atoms with E-state index in [0.29, 0.717) is 6.61 Å². The van der Waals surface area contributed by atoms with Gasteiger partial charge in [-0.1, -0.05) is 89.2 Å². The highest BCUT2D eigenvalue weighted by Crippen LogP contribution is 2.21. The fourth-order valence-electron chi connectivity index (χ4n) is 3.44. The molecule has 1 aromatic heterocycles. The predicted octanol–water partition coefficient (Wildman–Crippen LogP) is 7.27. The summed E-state index contributed by atoms with van der Waals surface area (Å²) in [6.45, 7) is 21.3. The van der Waals surface area contributed by atoms with Gasteiger partial charge in [0.2, 0.25) is 0 Å². The summed E-state index contributed by atoms with van der Waals surface area (Å²) in [6, 6.07) is 18.5. The number of benzene rings is 2. The number of ether oxygens (including phenoxy) is 2. The highest BCUT2D eigenvalue weighted by atomic mass is 16.5. The Morgan fingerprint density at radius 1 is 0.892 bits per heavy atom. The second-order valence-electron chi connectivity index (χ2n) is 8.19. The van der Waals surface area contributed by atoms with E-state index < -0.39 is 0 Å². The van der Waals surface area contributed by atoms with Gasteiger partial charge in [0.25, 0.3) is 0 Å². The molecule has 0 N–H and O–H groups in total. The number of rotatable bonds is 8. The third-order valence-corrected chi connectivity index (χ3v) is 5.38. The van der Waals surface area contributed by atoms with E-state index in [1.807, 2.05) is 77.3 Å². The van der Waals surface area contributed by atoms with Gasteiger partial charge in [-0.2, -0.15) is 0 Å². The predicted molar refractivity (Wildman–Crippen MR) is 157 cm³/mol. The second-order valence-corrected chi connectivity index (χ2v) is 8.19. The number of hydrogen-bond acceptors (Lipinski definition) is 5. The highest BCUT2D eigenvalue weighted by molar-refractivity contribution is 5.62. The summed E-state index contributed by atoms with van der Waals surface area (Å²) in [6.07, 6.45) is 5.58. The van der Waals surface area contributed by atoms with Crippen LogP contribution < -0.4 is 4.74 Å². The molecule has 0 saturated carbocycles. The molecule has 2 heterocycles. The lowest BCUT2D eigenvalue weighted by Crippen LogP contribution is -2.38. The standard InChI is InChI=1S/C20H25N3O2.C8H10.2C2H6/c1-16(2)13-20-21-14-18(15-22-20)17-3-5-19(6-4-17)25-12-9-23-7-10-24-11-8-23;1-2-8-6-4-3-5-7-8;2*1-2/h3-6,14-15H,1,7-13H2,2H3;3-7H,2H2,1H3;2*1-2H3. The van der Waals surface area contributed by atoms with Crippen LogP contribution in [0.5, 0.6) is 5.75 Å². The van der Waals surface area contributed by atoms with Crippen LogP contribution in [0.2, 0.25) is 0 Å². The molecular weight excluding hydrogens is 458 g/mol. The number of allylic oxidation sites excluding steroid dienone is 1. The molecular formula is C32H47N3O2. The SMILES string of the molecule is C=C(C)Cc1ncc(-c2ccc(OCCN3CCOCC3)cc2)cn1.CC.CC.CCc1ccccc1. The first kappa shape index (κ1) is 32.0. The molecule has 3 aromatic rings. The van der Waals surface area contributed by atoms with Crippen molar-refractivity contribution in [1.82, 2.24) is 14.9 Å². The number of hydrogen-bond donors (Lipinski definition) is 0. The molecule has 5 nitrogen and oxygen atoms in total. The average molecular weight is 506 g/mol. The van der Waals surface area contributed by atoms with Gasteiger partial charge >= 0.3 is 0 Å². The summed E-state index contributed by atoms with van der Waals surface area (Å²) in [4.78, 5) is 11.2. The number of morpholine rings is 1. The molecule has 1 aliphatic rings. The zero-order valence-electron chi connectivity index (χ0n) is 23.9. The molecule has 5 heteroatoms. The summed E-state index contributed by atoms with van der Waals surface area (Å²) < 4.78 is 11.2. The molecule has 0 atom stereocenters. The Labute approximate surface area is 225 Å². The molecule has 0 unspecified atom stereocenters. The van der Waals surface area contributed by atoms with Gasteiger partial charge in [-0.3, -0.25) is 4.90 Å². The molecule has 202 valence electrons. The number of aromatic nitrogens is 2. The maximum atomic E-state index is 5.84. The minimum atomic E-state index is 0.693. The normalized spacial score (nSPS) is 12.5. The third-order valence-electron chi connectivity index (χ3n) is 5.38. The van der Waals surface area contributed by atoms with Crippen molar-refractivity contribution in [3.63, 3.8) is 0 Å². The molecule has 0 spiro atoms. The maximum Gasteiger partial charge on any atom is 0.132 e. The summed E-state index contributed by atoms with van der Waals surface area (Å²) in [5.41, 5.74) is 4.56. The van der Waals surface area contributed by atoms with Crippen molar-refractivity contribution in [3.8, 4) is 16.9 Å². The average Bonchev–Trinajstić information content (AvgIpc) is 2.97. The molecule has 37 heavy (non-hydrogen) atoms. The minimum Gasteiger partial charge on any atom is -0.492 e. The van der Waals surface area contributed by atoms with Crippen molar-refractivity contribution in [2.24, 2.45) is 0 Å². The lowest BCUT2D eigenvalue weighted by molar-refractivity contribution is 0.0322. The van der Waals surface area contributed by atoms with E-state index in [9.17, 15) is 0 Å². The summed E-state index contributed by atoms with van der Waals surface area (Å²) >= 11 is 0. The fourth-order valence-corrected chi connectivity index (χ4v) is 3.44. The van der Waals surface area contributed by atoms with Gasteiger partial charge in [0, 0.05) is 44.0 Å². The Morgan fingerprint density at radius 2 is 1.49 bits per heavy atom. The summed E-state index contributed by atoms with van der Waals surface area (Å²) in [5.74, 6) is 1.69. The fraction of sp³-hybridized carbons (Fsp3) is 0.438. The van der Waals surface area contributed by atoms with Gasteiger partial charge in [-0.15, -0.1) is 0 Å².